The highest BCUT2D eigenvalue weighted by atomic mass is 32.2. The van der Waals surface area contributed by atoms with Crippen molar-refractivity contribution >= 4 is 17.7 Å². The number of hydrogen-bond acceptors (Lipinski definition) is 4. The second-order valence-electron chi connectivity index (χ2n) is 4.54. The Morgan fingerprint density at radius 1 is 1.56 bits per heavy atom. The van der Waals surface area contributed by atoms with Crippen molar-refractivity contribution < 1.29 is 4.79 Å². The van der Waals surface area contributed by atoms with Crippen LogP contribution in [0.3, 0.4) is 0 Å². The van der Waals surface area contributed by atoms with E-state index in [2.05, 4.69) is 15.3 Å². The Hall–Kier alpha value is -1.30. The first-order valence-corrected chi connectivity index (χ1v) is 7.12. The van der Waals surface area contributed by atoms with Crippen molar-refractivity contribution in [2.24, 2.45) is 0 Å². The summed E-state index contributed by atoms with van der Waals surface area (Å²) in [6, 6.07) is 0.343. The van der Waals surface area contributed by atoms with Gasteiger partial charge in [0.15, 0.2) is 0 Å². The lowest BCUT2D eigenvalue weighted by Gasteiger charge is -2.11. The molecule has 1 heterocycles. The van der Waals surface area contributed by atoms with Gasteiger partial charge in [-0.15, -0.1) is 0 Å². The van der Waals surface area contributed by atoms with Gasteiger partial charge in [0.2, 0.25) is 5.91 Å². The molecule has 5 nitrogen and oxygen atoms in total. The van der Waals surface area contributed by atoms with Gasteiger partial charge in [0, 0.05) is 12.2 Å². The summed E-state index contributed by atoms with van der Waals surface area (Å²) in [6.45, 7) is 1.86. The lowest BCUT2D eigenvalue weighted by molar-refractivity contribution is -0.119. The normalized spacial score (nSPS) is 15.8. The minimum absolute atomic E-state index is 0.0314. The molecule has 0 saturated heterocycles. The van der Waals surface area contributed by atoms with Crippen LogP contribution in [0.4, 0.5) is 0 Å². The topological polar surface area (TPSA) is 74.8 Å². The van der Waals surface area contributed by atoms with Crippen LogP contribution in [0.15, 0.2) is 16.0 Å². The van der Waals surface area contributed by atoms with Crippen LogP contribution in [0.25, 0.3) is 0 Å². The Balaban J connectivity index is 1.84. The summed E-state index contributed by atoms with van der Waals surface area (Å²) in [5.41, 5.74) is 0.507. The third kappa shape index (κ3) is 3.60. The molecule has 98 valence electrons. The molecule has 0 aliphatic heterocycles. The fourth-order valence-electron chi connectivity index (χ4n) is 2.07. The molecular weight excluding hydrogens is 250 g/mol. The molecule has 1 aliphatic rings. The Bertz CT molecular complexity index is 480. The summed E-state index contributed by atoms with van der Waals surface area (Å²) in [5.74, 6) is 0.362. The van der Waals surface area contributed by atoms with E-state index in [1.54, 1.807) is 0 Å². The van der Waals surface area contributed by atoms with E-state index in [-0.39, 0.29) is 11.6 Å². The highest BCUT2D eigenvalue weighted by Gasteiger charge is 2.17. The second kappa shape index (κ2) is 6.04. The number of nitrogens with one attached hydrogen (secondary N) is 2. The van der Waals surface area contributed by atoms with Crippen LogP contribution in [0.5, 0.6) is 0 Å². The smallest absolute Gasteiger partial charge is 0.345 e. The Labute approximate surface area is 110 Å². The number of aromatic nitrogens is 2. The van der Waals surface area contributed by atoms with E-state index >= 15 is 0 Å². The predicted octanol–water partition coefficient (Wildman–Crippen LogP) is 1.23. The molecule has 1 fully saturated rings. The zero-order valence-corrected chi connectivity index (χ0v) is 11.2. The van der Waals surface area contributed by atoms with Crippen molar-refractivity contribution in [1.82, 2.24) is 15.3 Å². The fourth-order valence-corrected chi connectivity index (χ4v) is 2.87. The van der Waals surface area contributed by atoms with Crippen LogP contribution < -0.4 is 11.0 Å². The Morgan fingerprint density at radius 3 is 3.00 bits per heavy atom. The van der Waals surface area contributed by atoms with Crippen molar-refractivity contribution in [2.45, 2.75) is 43.7 Å². The Morgan fingerprint density at radius 2 is 2.28 bits per heavy atom. The second-order valence-corrected chi connectivity index (χ2v) is 5.52. The van der Waals surface area contributed by atoms with E-state index in [1.807, 2.05) is 6.92 Å². The van der Waals surface area contributed by atoms with Gasteiger partial charge in [-0.3, -0.25) is 4.79 Å². The molecule has 0 atom stereocenters. The number of H-pyrrole nitrogens is 1. The van der Waals surface area contributed by atoms with E-state index in [1.165, 1.54) is 30.8 Å². The highest BCUT2D eigenvalue weighted by molar-refractivity contribution is 7.99. The molecule has 2 rings (SSSR count). The standard InChI is InChI=1S/C12H17N3O2S/c1-8-6-13-12(17)15-11(8)18-7-10(16)14-9-4-2-3-5-9/h6,9H,2-5,7H2,1H3,(H,14,16)(H,13,15,17). The van der Waals surface area contributed by atoms with Crippen molar-refractivity contribution in [2.75, 3.05) is 5.75 Å². The van der Waals surface area contributed by atoms with Crippen molar-refractivity contribution in [1.29, 1.82) is 0 Å². The van der Waals surface area contributed by atoms with Gasteiger partial charge in [-0.05, 0) is 25.3 Å². The minimum atomic E-state index is -0.376. The van der Waals surface area contributed by atoms with Crippen LogP contribution in [-0.2, 0) is 4.79 Å². The van der Waals surface area contributed by atoms with E-state index < -0.39 is 0 Å². The molecule has 0 radical (unpaired) electrons. The van der Waals surface area contributed by atoms with Crippen molar-refractivity contribution in [3.8, 4) is 0 Å². The molecule has 1 aromatic heterocycles. The molecule has 0 spiro atoms. The van der Waals surface area contributed by atoms with E-state index in [0.29, 0.717) is 11.8 Å². The summed E-state index contributed by atoms with van der Waals surface area (Å²) >= 11 is 1.35. The molecular formula is C12H17N3O2S. The van der Waals surface area contributed by atoms with Gasteiger partial charge in [-0.2, -0.15) is 0 Å². The molecule has 0 unspecified atom stereocenters. The molecule has 0 aromatic carbocycles. The van der Waals surface area contributed by atoms with E-state index in [9.17, 15) is 9.59 Å². The molecule has 18 heavy (non-hydrogen) atoms. The summed E-state index contributed by atoms with van der Waals surface area (Å²) in [6.07, 6.45) is 6.10. The third-order valence-corrected chi connectivity index (χ3v) is 4.14. The minimum Gasteiger partial charge on any atom is -0.353 e. The zero-order valence-electron chi connectivity index (χ0n) is 10.4. The van der Waals surface area contributed by atoms with Crippen LogP contribution in [0.2, 0.25) is 0 Å². The first-order valence-electron chi connectivity index (χ1n) is 6.13. The number of hydrogen-bond donors (Lipinski definition) is 2. The number of thioether (sulfide) groups is 1. The van der Waals surface area contributed by atoms with Gasteiger partial charge in [0.25, 0.3) is 0 Å². The highest BCUT2D eigenvalue weighted by Crippen LogP contribution is 2.19. The number of carbonyl (C=O) groups is 1. The SMILES string of the molecule is Cc1cnc(=O)[nH]c1SCC(=O)NC1CCCC1. The van der Waals surface area contributed by atoms with Gasteiger partial charge in [0.1, 0.15) is 0 Å². The van der Waals surface area contributed by atoms with Gasteiger partial charge in [-0.25, -0.2) is 9.78 Å². The molecule has 0 bridgehead atoms. The molecule has 6 heteroatoms. The van der Waals surface area contributed by atoms with E-state index in [4.69, 9.17) is 0 Å². The first-order chi connectivity index (χ1) is 8.65. The monoisotopic (exact) mass is 267 g/mol. The van der Waals surface area contributed by atoms with Crippen LogP contribution >= 0.6 is 11.8 Å². The number of rotatable bonds is 4. The summed E-state index contributed by atoms with van der Waals surface area (Å²) in [4.78, 5) is 29.1. The Kier molecular flexibility index (Phi) is 4.41. The lowest BCUT2D eigenvalue weighted by atomic mass is 10.2. The first kappa shape index (κ1) is 13.1. The van der Waals surface area contributed by atoms with Crippen molar-refractivity contribution in [3.63, 3.8) is 0 Å². The van der Waals surface area contributed by atoms with Gasteiger partial charge < -0.3 is 10.3 Å². The van der Waals surface area contributed by atoms with Gasteiger partial charge in [-0.1, -0.05) is 24.6 Å². The zero-order chi connectivity index (χ0) is 13.0. The number of amides is 1. The summed E-state index contributed by atoms with van der Waals surface area (Å²) in [5, 5.41) is 3.73. The average Bonchev–Trinajstić information content (AvgIpc) is 2.83. The average molecular weight is 267 g/mol. The molecule has 2 N–H and O–H groups in total. The lowest BCUT2D eigenvalue weighted by Crippen LogP contribution is -2.33. The summed E-state index contributed by atoms with van der Waals surface area (Å²) in [7, 11) is 0. The quantitative estimate of drug-likeness (QED) is 0.635. The van der Waals surface area contributed by atoms with Crippen LogP contribution in [-0.4, -0.2) is 27.7 Å². The maximum atomic E-state index is 11.7. The third-order valence-electron chi connectivity index (χ3n) is 3.02. The summed E-state index contributed by atoms with van der Waals surface area (Å²) < 4.78 is 0. The largest absolute Gasteiger partial charge is 0.353 e. The van der Waals surface area contributed by atoms with Gasteiger partial charge >= 0.3 is 5.69 Å². The number of aromatic amines is 1. The van der Waals surface area contributed by atoms with E-state index in [0.717, 1.165) is 23.4 Å². The molecule has 1 aromatic rings. The maximum absolute atomic E-state index is 11.7. The number of aryl methyl sites for hydroxylation is 1. The molecule has 1 amide bonds. The predicted molar refractivity (Wildman–Crippen MR) is 70.7 cm³/mol. The number of nitrogens with zero attached hydrogens (tertiary/aromatic N) is 1. The molecule has 1 aliphatic carbocycles. The fraction of sp³-hybridized carbons (Fsp3) is 0.583. The van der Waals surface area contributed by atoms with Gasteiger partial charge in [0.05, 0.1) is 10.8 Å². The number of carbonyl (C=O) groups excluding carboxylic acids is 1. The maximum Gasteiger partial charge on any atom is 0.345 e. The van der Waals surface area contributed by atoms with Crippen LogP contribution in [0, 0.1) is 6.92 Å². The molecule has 1 saturated carbocycles. The van der Waals surface area contributed by atoms with Crippen molar-refractivity contribution in [3.05, 3.63) is 22.2 Å². The van der Waals surface area contributed by atoms with Crippen LogP contribution in [0.1, 0.15) is 31.2 Å².